The number of carbonyl (C=O) groups excluding carboxylic acids is 1. The third-order valence-electron chi connectivity index (χ3n) is 3.39. The van der Waals surface area contributed by atoms with Crippen LogP contribution in [-0.4, -0.2) is 31.4 Å². The summed E-state index contributed by atoms with van der Waals surface area (Å²) in [6.45, 7) is 4.44. The smallest absolute Gasteiger partial charge is 0.258 e. The lowest BCUT2D eigenvalue weighted by atomic mass is 10.1. The monoisotopic (exact) mass is 314 g/mol. The van der Waals surface area contributed by atoms with E-state index in [-0.39, 0.29) is 5.91 Å². The fourth-order valence-electron chi connectivity index (χ4n) is 2.33. The molecule has 0 saturated carbocycles. The number of thioether (sulfide) groups is 1. The summed E-state index contributed by atoms with van der Waals surface area (Å²) in [6.07, 6.45) is 0.608. The predicted octanol–water partition coefficient (Wildman–Crippen LogP) is 1.77. The van der Waals surface area contributed by atoms with E-state index in [4.69, 9.17) is 0 Å². The standard InChI is InChI=1S/C14H14N6OS/c1-3-10-9(6-8(2)18-19-10)13(21)16-12-11(7-15)20-4-5-22-14(20)17-12/h6H,3-5H2,1-2H3,(H,16,21). The Hall–Kier alpha value is -2.40. The average molecular weight is 314 g/mol. The van der Waals surface area contributed by atoms with Crippen LogP contribution in [0.4, 0.5) is 5.82 Å². The minimum absolute atomic E-state index is 0.311. The van der Waals surface area contributed by atoms with Crippen molar-refractivity contribution in [1.82, 2.24) is 19.7 Å². The van der Waals surface area contributed by atoms with Crippen LogP contribution < -0.4 is 5.32 Å². The van der Waals surface area contributed by atoms with Gasteiger partial charge >= 0.3 is 0 Å². The molecule has 1 N–H and O–H groups in total. The lowest BCUT2D eigenvalue weighted by molar-refractivity contribution is 0.102. The van der Waals surface area contributed by atoms with Crippen molar-refractivity contribution in [3.63, 3.8) is 0 Å². The molecule has 8 heteroatoms. The summed E-state index contributed by atoms with van der Waals surface area (Å²) in [7, 11) is 0. The third-order valence-corrected chi connectivity index (χ3v) is 4.35. The van der Waals surface area contributed by atoms with Gasteiger partial charge in [-0.15, -0.1) is 0 Å². The molecular formula is C14H14N6OS. The molecule has 1 aliphatic rings. The number of imidazole rings is 1. The molecule has 0 fully saturated rings. The molecule has 0 radical (unpaired) electrons. The highest BCUT2D eigenvalue weighted by Gasteiger charge is 2.24. The molecule has 2 aromatic heterocycles. The van der Waals surface area contributed by atoms with Crippen molar-refractivity contribution in [2.75, 3.05) is 11.1 Å². The van der Waals surface area contributed by atoms with Gasteiger partial charge < -0.3 is 9.88 Å². The quantitative estimate of drug-likeness (QED) is 0.927. The number of anilines is 1. The average Bonchev–Trinajstić information content (AvgIpc) is 3.07. The highest BCUT2D eigenvalue weighted by Crippen LogP contribution is 2.30. The summed E-state index contributed by atoms with van der Waals surface area (Å²) >= 11 is 1.58. The number of aryl methyl sites for hydroxylation is 2. The molecule has 0 aliphatic carbocycles. The van der Waals surface area contributed by atoms with E-state index in [9.17, 15) is 10.1 Å². The van der Waals surface area contributed by atoms with E-state index < -0.39 is 0 Å². The maximum Gasteiger partial charge on any atom is 0.258 e. The molecule has 0 saturated heterocycles. The lowest BCUT2D eigenvalue weighted by Gasteiger charge is -2.07. The molecule has 22 heavy (non-hydrogen) atoms. The predicted molar refractivity (Wildman–Crippen MR) is 81.8 cm³/mol. The summed E-state index contributed by atoms with van der Waals surface area (Å²) in [5, 5.41) is 20.8. The maximum atomic E-state index is 12.5. The third kappa shape index (κ3) is 2.44. The van der Waals surface area contributed by atoms with Gasteiger partial charge in [-0.05, 0) is 19.4 Å². The fraction of sp³-hybridized carbons (Fsp3) is 0.357. The van der Waals surface area contributed by atoms with Crippen molar-refractivity contribution in [1.29, 1.82) is 5.26 Å². The first-order valence-corrected chi connectivity index (χ1v) is 7.90. The molecule has 3 heterocycles. The molecule has 1 amide bonds. The minimum Gasteiger partial charge on any atom is -0.308 e. The van der Waals surface area contributed by atoms with Gasteiger partial charge in [-0.25, -0.2) is 4.98 Å². The first-order valence-electron chi connectivity index (χ1n) is 6.92. The second kappa shape index (κ2) is 5.77. The van der Waals surface area contributed by atoms with Gasteiger partial charge in [0, 0.05) is 12.3 Å². The zero-order valence-electron chi connectivity index (χ0n) is 12.3. The molecule has 0 unspecified atom stereocenters. The number of carbonyl (C=O) groups is 1. The van der Waals surface area contributed by atoms with Crippen LogP contribution in [-0.2, 0) is 13.0 Å². The summed E-state index contributed by atoms with van der Waals surface area (Å²) in [5.74, 6) is 0.901. The molecule has 2 aromatic rings. The minimum atomic E-state index is -0.312. The van der Waals surface area contributed by atoms with Gasteiger partial charge in [0.25, 0.3) is 5.91 Å². The fourth-order valence-corrected chi connectivity index (χ4v) is 3.28. The number of amides is 1. The Morgan fingerprint density at radius 3 is 3.09 bits per heavy atom. The molecule has 0 atom stereocenters. The zero-order chi connectivity index (χ0) is 15.7. The van der Waals surface area contributed by atoms with Crippen LogP contribution in [0.25, 0.3) is 0 Å². The van der Waals surface area contributed by atoms with Gasteiger partial charge in [-0.1, -0.05) is 18.7 Å². The lowest BCUT2D eigenvalue weighted by Crippen LogP contribution is -2.17. The van der Waals surface area contributed by atoms with Crippen molar-refractivity contribution < 1.29 is 4.79 Å². The zero-order valence-corrected chi connectivity index (χ0v) is 13.1. The number of nitrogens with one attached hydrogen (secondary N) is 1. The number of aromatic nitrogens is 4. The first-order chi connectivity index (χ1) is 10.6. The highest BCUT2D eigenvalue weighted by molar-refractivity contribution is 7.99. The summed E-state index contributed by atoms with van der Waals surface area (Å²) in [4.78, 5) is 16.8. The van der Waals surface area contributed by atoms with Crippen molar-refractivity contribution in [3.8, 4) is 6.07 Å². The second-order valence-electron chi connectivity index (χ2n) is 4.86. The van der Waals surface area contributed by atoms with Gasteiger partial charge in [-0.3, -0.25) is 4.79 Å². The molecule has 7 nitrogen and oxygen atoms in total. The number of hydrogen-bond donors (Lipinski definition) is 1. The van der Waals surface area contributed by atoms with E-state index in [0.717, 1.165) is 17.5 Å². The van der Waals surface area contributed by atoms with Crippen LogP contribution in [0.5, 0.6) is 0 Å². The van der Waals surface area contributed by atoms with Crippen molar-refractivity contribution in [3.05, 3.63) is 28.7 Å². The van der Waals surface area contributed by atoms with E-state index in [2.05, 4.69) is 26.6 Å². The van der Waals surface area contributed by atoms with Gasteiger partial charge in [0.15, 0.2) is 16.7 Å². The molecule has 0 bridgehead atoms. The molecular weight excluding hydrogens is 300 g/mol. The molecule has 112 valence electrons. The largest absolute Gasteiger partial charge is 0.308 e. The Morgan fingerprint density at radius 2 is 2.36 bits per heavy atom. The molecule has 3 rings (SSSR count). The molecule has 0 aromatic carbocycles. The van der Waals surface area contributed by atoms with Crippen molar-refractivity contribution in [2.24, 2.45) is 0 Å². The summed E-state index contributed by atoms with van der Waals surface area (Å²) in [5.41, 5.74) is 2.17. The summed E-state index contributed by atoms with van der Waals surface area (Å²) < 4.78 is 1.83. The topological polar surface area (TPSA) is 96.5 Å². The van der Waals surface area contributed by atoms with Crippen LogP contribution in [0.15, 0.2) is 11.2 Å². The highest BCUT2D eigenvalue weighted by atomic mass is 32.2. The van der Waals surface area contributed by atoms with Crippen LogP contribution in [0, 0.1) is 18.3 Å². The number of fused-ring (bicyclic) bond motifs is 1. The van der Waals surface area contributed by atoms with Gasteiger partial charge in [0.2, 0.25) is 0 Å². The van der Waals surface area contributed by atoms with E-state index in [1.165, 1.54) is 0 Å². The number of hydrogen-bond acceptors (Lipinski definition) is 6. The number of rotatable bonds is 3. The van der Waals surface area contributed by atoms with Gasteiger partial charge in [0.1, 0.15) is 6.07 Å². The van der Waals surface area contributed by atoms with E-state index in [1.807, 2.05) is 11.5 Å². The van der Waals surface area contributed by atoms with E-state index in [0.29, 0.717) is 34.9 Å². The normalized spacial score (nSPS) is 12.8. The Balaban J connectivity index is 1.93. The number of nitriles is 1. The Labute approximate surface area is 131 Å². The molecule has 0 spiro atoms. The van der Waals surface area contributed by atoms with E-state index in [1.54, 1.807) is 24.8 Å². The van der Waals surface area contributed by atoms with E-state index >= 15 is 0 Å². The van der Waals surface area contributed by atoms with Gasteiger partial charge in [-0.2, -0.15) is 15.5 Å². The van der Waals surface area contributed by atoms with Gasteiger partial charge in [0.05, 0.1) is 17.0 Å². The van der Waals surface area contributed by atoms with Crippen LogP contribution in [0.3, 0.4) is 0 Å². The SMILES string of the molecule is CCc1nnc(C)cc1C(=O)Nc1nc2n(c1C#N)CCS2. The Bertz CT molecular complexity index is 791. The van der Waals surface area contributed by atoms with Crippen molar-refractivity contribution >= 4 is 23.5 Å². The Morgan fingerprint density at radius 1 is 1.55 bits per heavy atom. The van der Waals surface area contributed by atoms with Crippen molar-refractivity contribution in [2.45, 2.75) is 32.0 Å². The Kier molecular flexibility index (Phi) is 3.81. The van der Waals surface area contributed by atoms with Crippen LogP contribution in [0.2, 0.25) is 0 Å². The first kappa shape index (κ1) is 14.5. The van der Waals surface area contributed by atoms with Crippen LogP contribution in [0.1, 0.15) is 34.4 Å². The summed E-state index contributed by atoms with van der Waals surface area (Å²) in [6, 6.07) is 3.82. The molecule has 1 aliphatic heterocycles. The maximum absolute atomic E-state index is 12.5. The second-order valence-corrected chi connectivity index (χ2v) is 5.92. The number of nitrogens with zero attached hydrogens (tertiary/aromatic N) is 5. The van der Waals surface area contributed by atoms with Crippen LogP contribution >= 0.6 is 11.8 Å².